The van der Waals surface area contributed by atoms with Crippen LogP contribution in [0.4, 0.5) is 0 Å². The average Bonchev–Trinajstić information content (AvgIpc) is 2.42. The number of amides is 1. The highest BCUT2D eigenvalue weighted by Gasteiger charge is 2.19. The molecule has 0 aromatic heterocycles. The fraction of sp³-hybridized carbons (Fsp3) is 0.385. The van der Waals surface area contributed by atoms with Crippen LogP contribution < -0.4 is 10.0 Å². The highest BCUT2D eigenvalue weighted by atomic mass is 79.9. The number of esters is 1. The van der Waals surface area contributed by atoms with Crippen LogP contribution in [-0.4, -0.2) is 39.5 Å². The summed E-state index contributed by atoms with van der Waals surface area (Å²) in [5, 5.41) is 2.54. The van der Waals surface area contributed by atoms with E-state index >= 15 is 0 Å². The lowest BCUT2D eigenvalue weighted by molar-refractivity contribution is -0.147. The van der Waals surface area contributed by atoms with E-state index < -0.39 is 35.1 Å². The first-order valence-corrected chi connectivity index (χ1v) is 9.17. The molecular weight excluding hydrogens is 412 g/mol. The highest BCUT2D eigenvalue weighted by Crippen LogP contribution is 2.24. The number of rotatable bonds is 7. The molecule has 1 aromatic carbocycles. The van der Waals surface area contributed by atoms with Gasteiger partial charge in [0, 0.05) is 10.5 Å². The van der Waals surface area contributed by atoms with Gasteiger partial charge in [-0.25, -0.2) is 8.42 Å². The quantitative estimate of drug-likeness (QED) is 0.641. The van der Waals surface area contributed by atoms with Crippen LogP contribution in [0.5, 0.6) is 0 Å². The number of nitrogens with one attached hydrogen (secondary N) is 2. The van der Waals surface area contributed by atoms with Crippen molar-refractivity contribution < 1.29 is 22.7 Å². The predicted molar refractivity (Wildman–Crippen MR) is 88.6 cm³/mol. The van der Waals surface area contributed by atoms with Crippen molar-refractivity contribution in [1.82, 2.24) is 10.0 Å². The van der Waals surface area contributed by atoms with Crippen molar-refractivity contribution in [3.05, 3.63) is 27.7 Å². The molecule has 7 nitrogen and oxygen atoms in total. The summed E-state index contributed by atoms with van der Waals surface area (Å²) in [6, 6.07) is 4.15. The van der Waals surface area contributed by atoms with Crippen LogP contribution >= 0.6 is 27.5 Å². The minimum Gasteiger partial charge on any atom is -0.455 e. The molecule has 1 rings (SSSR count). The van der Waals surface area contributed by atoms with Gasteiger partial charge in [-0.1, -0.05) is 27.5 Å². The third-order valence-corrected chi connectivity index (χ3v) is 4.78. The summed E-state index contributed by atoms with van der Waals surface area (Å²) in [5.74, 6) is -1.34. The SMILES string of the molecule is CC(C)NC(=O)COC(=O)CNS(=O)(=O)c1ccc(Br)cc1Cl. The van der Waals surface area contributed by atoms with Gasteiger partial charge in [0.05, 0.1) is 5.02 Å². The zero-order chi connectivity index (χ0) is 17.6. The molecule has 0 aliphatic rings. The van der Waals surface area contributed by atoms with E-state index in [-0.39, 0.29) is 16.0 Å². The van der Waals surface area contributed by atoms with E-state index in [1.165, 1.54) is 18.2 Å². The zero-order valence-corrected chi connectivity index (χ0v) is 15.6. The molecule has 0 heterocycles. The normalized spacial score (nSPS) is 11.3. The van der Waals surface area contributed by atoms with Crippen molar-refractivity contribution in [1.29, 1.82) is 0 Å². The third-order valence-electron chi connectivity index (χ3n) is 2.40. The first kappa shape index (κ1) is 19.9. The Labute approximate surface area is 147 Å². The molecule has 23 heavy (non-hydrogen) atoms. The van der Waals surface area contributed by atoms with Crippen LogP contribution in [0.1, 0.15) is 13.8 Å². The summed E-state index contributed by atoms with van der Waals surface area (Å²) in [7, 11) is -3.96. The summed E-state index contributed by atoms with van der Waals surface area (Å²) in [6.45, 7) is 2.44. The van der Waals surface area contributed by atoms with Gasteiger partial charge < -0.3 is 10.1 Å². The van der Waals surface area contributed by atoms with E-state index in [2.05, 4.69) is 30.7 Å². The average molecular weight is 428 g/mol. The predicted octanol–water partition coefficient (Wildman–Crippen LogP) is 1.45. The van der Waals surface area contributed by atoms with E-state index in [0.29, 0.717) is 4.47 Å². The van der Waals surface area contributed by atoms with Crippen molar-refractivity contribution in [2.45, 2.75) is 24.8 Å². The first-order valence-electron chi connectivity index (χ1n) is 6.51. The molecule has 0 fully saturated rings. The Kier molecular flexibility index (Phi) is 7.46. The van der Waals surface area contributed by atoms with Gasteiger partial charge in [-0.15, -0.1) is 0 Å². The molecular formula is C13H16BrClN2O5S. The first-order chi connectivity index (χ1) is 10.6. The zero-order valence-electron chi connectivity index (χ0n) is 12.4. The van der Waals surface area contributed by atoms with Crippen LogP contribution in [0.2, 0.25) is 5.02 Å². The number of ether oxygens (including phenoxy) is 1. The molecule has 0 spiro atoms. The van der Waals surface area contributed by atoms with E-state index in [1.54, 1.807) is 13.8 Å². The van der Waals surface area contributed by atoms with Gasteiger partial charge in [0.25, 0.3) is 5.91 Å². The molecule has 0 bridgehead atoms. The van der Waals surface area contributed by atoms with Gasteiger partial charge in [0.2, 0.25) is 10.0 Å². The molecule has 0 aliphatic heterocycles. The molecule has 10 heteroatoms. The fourth-order valence-electron chi connectivity index (χ4n) is 1.49. The van der Waals surface area contributed by atoms with Gasteiger partial charge in [0.1, 0.15) is 11.4 Å². The van der Waals surface area contributed by atoms with E-state index in [9.17, 15) is 18.0 Å². The number of carbonyl (C=O) groups excluding carboxylic acids is 2. The molecule has 1 aromatic rings. The van der Waals surface area contributed by atoms with Gasteiger partial charge in [-0.3, -0.25) is 9.59 Å². The Morgan fingerprint density at radius 2 is 2.00 bits per heavy atom. The van der Waals surface area contributed by atoms with Gasteiger partial charge >= 0.3 is 5.97 Å². The van der Waals surface area contributed by atoms with Crippen LogP contribution in [0.15, 0.2) is 27.6 Å². The van der Waals surface area contributed by atoms with Crippen molar-refractivity contribution in [2.24, 2.45) is 0 Å². The molecule has 0 saturated heterocycles. The number of carbonyl (C=O) groups is 2. The minimum atomic E-state index is -3.96. The largest absolute Gasteiger partial charge is 0.455 e. The lowest BCUT2D eigenvalue weighted by Crippen LogP contribution is -2.36. The molecule has 0 saturated carbocycles. The van der Waals surface area contributed by atoms with Crippen molar-refractivity contribution in [3.63, 3.8) is 0 Å². The maximum absolute atomic E-state index is 12.1. The van der Waals surface area contributed by atoms with Crippen LogP contribution in [0.25, 0.3) is 0 Å². The van der Waals surface area contributed by atoms with Gasteiger partial charge in [-0.2, -0.15) is 4.72 Å². The second-order valence-electron chi connectivity index (χ2n) is 4.78. The highest BCUT2D eigenvalue weighted by molar-refractivity contribution is 9.10. The Morgan fingerprint density at radius 3 is 2.57 bits per heavy atom. The summed E-state index contributed by atoms with van der Waals surface area (Å²) >= 11 is 9.03. The van der Waals surface area contributed by atoms with Gasteiger partial charge in [0.15, 0.2) is 6.61 Å². The number of halogens is 2. The number of hydrogen-bond donors (Lipinski definition) is 2. The summed E-state index contributed by atoms with van der Waals surface area (Å²) in [4.78, 5) is 22.6. The fourth-order valence-corrected chi connectivity index (χ4v) is 3.49. The van der Waals surface area contributed by atoms with Crippen LogP contribution in [0, 0.1) is 0 Å². The monoisotopic (exact) mass is 426 g/mol. The second kappa shape index (κ2) is 8.62. The molecule has 0 atom stereocenters. The summed E-state index contributed by atoms with van der Waals surface area (Å²) in [5.41, 5.74) is 0. The number of benzene rings is 1. The lowest BCUT2D eigenvalue weighted by Gasteiger charge is -2.10. The maximum Gasteiger partial charge on any atom is 0.321 e. The molecule has 1 amide bonds. The summed E-state index contributed by atoms with van der Waals surface area (Å²) in [6.07, 6.45) is 0. The van der Waals surface area contributed by atoms with E-state index in [0.717, 1.165) is 0 Å². The van der Waals surface area contributed by atoms with E-state index in [1.807, 2.05) is 0 Å². The number of hydrogen-bond acceptors (Lipinski definition) is 5. The maximum atomic E-state index is 12.1. The molecule has 128 valence electrons. The van der Waals surface area contributed by atoms with Crippen LogP contribution in [-0.2, 0) is 24.3 Å². The molecule has 2 N–H and O–H groups in total. The lowest BCUT2D eigenvalue weighted by atomic mass is 10.4. The van der Waals surface area contributed by atoms with Crippen molar-refractivity contribution >= 4 is 49.4 Å². The Bertz CT molecular complexity index is 694. The van der Waals surface area contributed by atoms with E-state index in [4.69, 9.17) is 11.6 Å². The van der Waals surface area contributed by atoms with Crippen molar-refractivity contribution in [2.75, 3.05) is 13.2 Å². The second-order valence-corrected chi connectivity index (χ2v) is 7.84. The minimum absolute atomic E-state index is 0.0107. The summed E-state index contributed by atoms with van der Waals surface area (Å²) < 4.78 is 31.5. The van der Waals surface area contributed by atoms with Crippen LogP contribution in [0.3, 0.4) is 0 Å². The Balaban J connectivity index is 2.56. The Hall–Kier alpha value is -1.16. The molecule has 0 unspecified atom stereocenters. The standard InChI is InChI=1S/C13H16BrClN2O5S/c1-8(2)17-12(18)7-22-13(19)6-16-23(20,21)11-4-3-9(14)5-10(11)15/h3-5,8,16H,6-7H2,1-2H3,(H,17,18). The number of sulfonamides is 1. The van der Waals surface area contributed by atoms with Crippen molar-refractivity contribution in [3.8, 4) is 0 Å². The Morgan fingerprint density at radius 1 is 1.35 bits per heavy atom. The van der Waals surface area contributed by atoms with Gasteiger partial charge in [-0.05, 0) is 32.0 Å². The third kappa shape index (κ3) is 6.86. The molecule has 0 aliphatic carbocycles. The topological polar surface area (TPSA) is 102 Å². The smallest absolute Gasteiger partial charge is 0.321 e. The molecule has 0 radical (unpaired) electrons.